The summed E-state index contributed by atoms with van der Waals surface area (Å²) in [5.74, 6) is -0.309. The average molecular weight is 613 g/mol. The van der Waals surface area contributed by atoms with Crippen LogP contribution >= 0.6 is 0 Å². The third kappa shape index (κ3) is 8.46. The van der Waals surface area contributed by atoms with Crippen molar-refractivity contribution in [3.05, 3.63) is 89.7 Å². The number of nitrogens with one attached hydrogen (secondary N) is 4. The number of anilines is 2. The lowest BCUT2D eigenvalue weighted by Crippen LogP contribution is -2.35. The third-order valence-electron chi connectivity index (χ3n) is 7.23. The fourth-order valence-corrected chi connectivity index (χ4v) is 4.91. The zero-order chi connectivity index (χ0) is 31.9. The van der Waals surface area contributed by atoms with Crippen LogP contribution in [0.25, 0.3) is 11.4 Å². The van der Waals surface area contributed by atoms with Crippen LogP contribution < -0.4 is 20.7 Å². The van der Waals surface area contributed by atoms with Gasteiger partial charge in [0.1, 0.15) is 22.9 Å². The molecule has 45 heavy (non-hydrogen) atoms. The number of aliphatic hydroxyl groups is 1. The van der Waals surface area contributed by atoms with E-state index in [1.54, 1.807) is 42.5 Å². The van der Waals surface area contributed by atoms with Crippen molar-refractivity contribution in [3.8, 4) is 22.9 Å². The number of aliphatic hydroxyl groups excluding tert-OH is 1. The molecule has 0 spiro atoms. The molecule has 4 aromatic rings. The maximum absolute atomic E-state index is 12.9. The van der Waals surface area contributed by atoms with E-state index in [9.17, 15) is 24.6 Å². The normalized spacial score (nSPS) is 13.8. The van der Waals surface area contributed by atoms with E-state index in [0.29, 0.717) is 22.7 Å². The number of H-pyrrole nitrogens is 1. The van der Waals surface area contributed by atoms with Gasteiger partial charge in [-0.05, 0) is 81.3 Å². The summed E-state index contributed by atoms with van der Waals surface area (Å²) in [6, 6.07) is 17.5. The standard InChI is InChI=1S/C33H36N6O6/c1-20(2)35-33(44)38-24-9-12-29(28(17-24)32(42)43)45-27-10-7-23(8-11-27)37-31(41)22-5-3-21(4-6-22)30-34-18-25(36-30)19-39-15-13-26(40)14-16-39/h3-12,17-18,20,26,40H,13-16,19H2,1-2H3,(H,34,36)(H,37,41)(H,42,43)(H2,35,38,44). The van der Waals surface area contributed by atoms with Crippen molar-refractivity contribution in [3.63, 3.8) is 0 Å². The number of aromatic amines is 1. The molecule has 0 aliphatic carbocycles. The summed E-state index contributed by atoms with van der Waals surface area (Å²) in [5.41, 5.74) is 3.05. The van der Waals surface area contributed by atoms with Crippen LogP contribution in [0.5, 0.6) is 11.5 Å². The number of imidazole rings is 1. The molecule has 3 aromatic carbocycles. The number of urea groups is 1. The van der Waals surface area contributed by atoms with Gasteiger partial charge < -0.3 is 35.9 Å². The number of hydrogen-bond donors (Lipinski definition) is 6. The van der Waals surface area contributed by atoms with Gasteiger partial charge >= 0.3 is 12.0 Å². The maximum atomic E-state index is 12.9. The van der Waals surface area contributed by atoms with Gasteiger partial charge in [-0.1, -0.05) is 12.1 Å². The summed E-state index contributed by atoms with van der Waals surface area (Å²) < 4.78 is 5.80. The maximum Gasteiger partial charge on any atom is 0.339 e. The highest BCUT2D eigenvalue weighted by Gasteiger charge is 2.18. The van der Waals surface area contributed by atoms with Crippen LogP contribution in [-0.4, -0.2) is 68.2 Å². The summed E-state index contributed by atoms with van der Waals surface area (Å²) in [7, 11) is 0. The molecule has 1 aliphatic rings. The number of carbonyl (C=O) groups excluding carboxylic acids is 2. The molecule has 0 saturated carbocycles. The molecule has 1 fully saturated rings. The van der Waals surface area contributed by atoms with Gasteiger partial charge in [0, 0.05) is 60.1 Å². The van der Waals surface area contributed by atoms with E-state index in [-0.39, 0.29) is 29.4 Å². The summed E-state index contributed by atoms with van der Waals surface area (Å²) in [5, 5.41) is 27.5. The van der Waals surface area contributed by atoms with E-state index in [0.717, 1.165) is 49.6 Å². The lowest BCUT2D eigenvalue weighted by Gasteiger charge is -2.28. The Morgan fingerprint density at radius 1 is 0.978 bits per heavy atom. The topological polar surface area (TPSA) is 169 Å². The third-order valence-corrected chi connectivity index (χ3v) is 7.23. The van der Waals surface area contributed by atoms with Crippen LogP contribution in [0.3, 0.4) is 0 Å². The largest absolute Gasteiger partial charge is 0.478 e. The van der Waals surface area contributed by atoms with E-state index >= 15 is 0 Å². The predicted molar refractivity (Wildman–Crippen MR) is 170 cm³/mol. The molecule has 0 atom stereocenters. The number of aromatic carboxylic acids is 1. The molecular weight excluding hydrogens is 576 g/mol. The van der Waals surface area contributed by atoms with Gasteiger partial charge in [-0.25, -0.2) is 14.6 Å². The number of rotatable bonds is 10. The van der Waals surface area contributed by atoms with Crippen LogP contribution in [0, 0.1) is 0 Å². The van der Waals surface area contributed by atoms with Crippen LogP contribution in [0.4, 0.5) is 16.2 Å². The van der Waals surface area contributed by atoms with Crippen molar-refractivity contribution in [2.75, 3.05) is 23.7 Å². The number of piperidine rings is 1. The van der Waals surface area contributed by atoms with Crippen LogP contribution in [-0.2, 0) is 6.54 Å². The average Bonchev–Trinajstić information content (AvgIpc) is 3.48. The van der Waals surface area contributed by atoms with Crippen molar-refractivity contribution in [2.45, 2.75) is 45.4 Å². The number of aromatic nitrogens is 2. The monoisotopic (exact) mass is 612 g/mol. The summed E-state index contributed by atoms with van der Waals surface area (Å²) >= 11 is 0. The molecule has 234 valence electrons. The first-order valence-electron chi connectivity index (χ1n) is 14.7. The second-order valence-corrected chi connectivity index (χ2v) is 11.2. The van der Waals surface area contributed by atoms with Gasteiger partial charge in [0.2, 0.25) is 0 Å². The predicted octanol–water partition coefficient (Wildman–Crippen LogP) is 5.31. The fraction of sp³-hybridized carbons (Fsp3) is 0.273. The van der Waals surface area contributed by atoms with Crippen LogP contribution in [0.15, 0.2) is 72.9 Å². The highest BCUT2D eigenvalue weighted by molar-refractivity contribution is 6.04. The quantitative estimate of drug-likeness (QED) is 0.140. The summed E-state index contributed by atoms with van der Waals surface area (Å²) in [6.45, 7) is 6.08. The van der Waals surface area contributed by atoms with Crippen molar-refractivity contribution >= 4 is 29.3 Å². The Labute approximate surface area is 260 Å². The van der Waals surface area contributed by atoms with E-state index in [1.165, 1.54) is 12.1 Å². The van der Waals surface area contributed by atoms with Crippen molar-refractivity contribution in [1.29, 1.82) is 0 Å². The Morgan fingerprint density at radius 3 is 2.33 bits per heavy atom. The molecule has 0 radical (unpaired) electrons. The van der Waals surface area contributed by atoms with Crippen molar-refractivity contribution < 1.29 is 29.3 Å². The Hall–Kier alpha value is -5.20. The van der Waals surface area contributed by atoms with E-state index in [1.807, 2.05) is 32.2 Å². The van der Waals surface area contributed by atoms with Crippen LogP contribution in [0.1, 0.15) is 53.1 Å². The Bertz CT molecular complexity index is 1640. The van der Waals surface area contributed by atoms with E-state index in [2.05, 4.69) is 30.8 Å². The van der Waals surface area contributed by atoms with Crippen molar-refractivity contribution in [2.24, 2.45) is 0 Å². The minimum absolute atomic E-state index is 0.0752. The first-order valence-corrected chi connectivity index (χ1v) is 14.7. The van der Waals surface area contributed by atoms with Gasteiger partial charge in [0.25, 0.3) is 5.91 Å². The smallest absolute Gasteiger partial charge is 0.339 e. The molecule has 6 N–H and O–H groups in total. The van der Waals surface area contributed by atoms with Gasteiger partial charge in [0.15, 0.2) is 0 Å². The molecule has 0 unspecified atom stereocenters. The van der Waals surface area contributed by atoms with Crippen molar-refractivity contribution in [1.82, 2.24) is 20.2 Å². The van der Waals surface area contributed by atoms with Crippen LogP contribution in [0.2, 0.25) is 0 Å². The Morgan fingerprint density at radius 2 is 1.67 bits per heavy atom. The first-order chi connectivity index (χ1) is 21.6. The lowest BCUT2D eigenvalue weighted by molar-refractivity contribution is 0.0693. The number of likely N-dealkylation sites (tertiary alicyclic amines) is 1. The molecule has 12 nitrogen and oxygen atoms in total. The summed E-state index contributed by atoms with van der Waals surface area (Å²) in [6.07, 6.45) is 3.18. The molecule has 0 bridgehead atoms. The first kappa shape index (κ1) is 31.2. The molecule has 2 heterocycles. The molecule has 5 rings (SSSR count). The zero-order valence-corrected chi connectivity index (χ0v) is 25.0. The minimum atomic E-state index is -1.21. The molecule has 1 aliphatic heterocycles. The minimum Gasteiger partial charge on any atom is -0.478 e. The Balaban J connectivity index is 1.17. The number of benzene rings is 3. The molecule has 1 aromatic heterocycles. The highest BCUT2D eigenvalue weighted by atomic mass is 16.5. The Kier molecular flexibility index (Phi) is 9.76. The SMILES string of the molecule is CC(C)NC(=O)Nc1ccc(Oc2ccc(NC(=O)c3ccc(-c4ncc(CN5CCC(O)CC5)[nH]4)cc3)cc2)c(C(=O)O)c1. The van der Waals surface area contributed by atoms with Gasteiger partial charge in [-0.15, -0.1) is 0 Å². The number of carboxylic acid groups (broad SMARTS) is 1. The van der Waals surface area contributed by atoms with Gasteiger partial charge in [-0.3, -0.25) is 9.69 Å². The molecule has 12 heteroatoms. The number of carbonyl (C=O) groups is 3. The fourth-order valence-electron chi connectivity index (χ4n) is 4.91. The second kappa shape index (κ2) is 14.1. The molecular formula is C33H36N6O6. The van der Waals surface area contributed by atoms with E-state index in [4.69, 9.17) is 4.74 Å². The van der Waals surface area contributed by atoms with Gasteiger partial charge in [0.05, 0.1) is 6.10 Å². The summed E-state index contributed by atoms with van der Waals surface area (Å²) in [4.78, 5) is 46.8. The lowest BCUT2D eigenvalue weighted by atomic mass is 10.1. The number of hydrogen-bond acceptors (Lipinski definition) is 7. The second-order valence-electron chi connectivity index (χ2n) is 11.2. The molecule has 1 saturated heterocycles. The zero-order valence-electron chi connectivity index (χ0n) is 25.0. The number of amides is 3. The molecule has 3 amide bonds. The van der Waals surface area contributed by atoms with E-state index < -0.39 is 12.0 Å². The highest BCUT2D eigenvalue weighted by Crippen LogP contribution is 2.29. The number of nitrogens with zero attached hydrogens (tertiary/aromatic N) is 2. The van der Waals surface area contributed by atoms with Gasteiger partial charge in [-0.2, -0.15) is 0 Å². The number of carboxylic acids is 1. The number of ether oxygens (including phenoxy) is 1.